The lowest BCUT2D eigenvalue weighted by atomic mass is 10.1. The van der Waals surface area contributed by atoms with Crippen LogP contribution >= 0.6 is 15.9 Å². The Hall–Kier alpha value is -0.430. The molecule has 1 atom stereocenters. The summed E-state index contributed by atoms with van der Waals surface area (Å²) in [5, 5.41) is 8.20. The number of nitrogens with zero attached hydrogens (tertiary/aromatic N) is 4. The normalized spacial score (nSPS) is 13.3. The zero-order chi connectivity index (χ0) is 15.8. The molecule has 1 heterocycles. The first kappa shape index (κ1) is 18.6. The van der Waals surface area contributed by atoms with Gasteiger partial charge in [-0.3, -0.25) is 4.68 Å². The van der Waals surface area contributed by atoms with Crippen molar-refractivity contribution >= 4 is 15.9 Å². The molecular weight excluding hydrogens is 330 g/mol. The molecule has 0 aliphatic rings. The van der Waals surface area contributed by atoms with Gasteiger partial charge in [-0.15, -0.1) is 0 Å². The van der Waals surface area contributed by atoms with E-state index in [9.17, 15) is 0 Å². The SMILES string of the molecule is CCCNC(CCN(C)C)c1c(Br)cnn1CCN(C)C. The van der Waals surface area contributed by atoms with Gasteiger partial charge < -0.3 is 15.1 Å². The van der Waals surface area contributed by atoms with E-state index in [-0.39, 0.29) is 0 Å². The standard InChI is InChI=1S/C15H30BrN5/c1-6-8-17-14(7-9-19(2)3)15-13(16)12-18-21(15)11-10-20(4)5/h12,14,17H,6-11H2,1-5H3. The molecule has 0 saturated carbocycles. The van der Waals surface area contributed by atoms with Crippen LogP contribution < -0.4 is 5.32 Å². The largest absolute Gasteiger partial charge is 0.309 e. The fourth-order valence-corrected chi connectivity index (χ4v) is 2.81. The summed E-state index contributed by atoms with van der Waals surface area (Å²) in [4.78, 5) is 4.42. The van der Waals surface area contributed by atoms with Gasteiger partial charge >= 0.3 is 0 Å². The van der Waals surface area contributed by atoms with Gasteiger partial charge in [0.1, 0.15) is 0 Å². The summed E-state index contributed by atoms with van der Waals surface area (Å²) in [5.41, 5.74) is 1.27. The summed E-state index contributed by atoms with van der Waals surface area (Å²) in [5.74, 6) is 0. The number of nitrogens with one attached hydrogen (secondary N) is 1. The summed E-state index contributed by atoms with van der Waals surface area (Å²) < 4.78 is 3.24. The quantitative estimate of drug-likeness (QED) is 0.694. The Morgan fingerprint density at radius 3 is 2.48 bits per heavy atom. The van der Waals surface area contributed by atoms with Crippen molar-refractivity contribution in [1.29, 1.82) is 0 Å². The Balaban J connectivity index is 2.85. The lowest BCUT2D eigenvalue weighted by Crippen LogP contribution is -2.29. The van der Waals surface area contributed by atoms with Crippen LogP contribution in [0, 0.1) is 0 Å². The zero-order valence-electron chi connectivity index (χ0n) is 14.1. The average Bonchev–Trinajstić information content (AvgIpc) is 2.78. The van der Waals surface area contributed by atoms with Crippen molar-refractivity contribution in [2.75, 3.05) is 47.8 Å². The van der Waals surface area contributed by atoms with Crippen molar-refractivity contribution in [3.63, 3.8) is 0 Å². The highest BCUT2D eigenvalue weighted by Crippen LogP contribution is 2.26. The minimum absolute atomic E-state index is 0.339. The van der Waals surface area contributed by atoms with Crippen LogP contribution in [0.25, 0.3) is 0 Å². The summed E-state index contributed by atoms with van der Waals surface area (Å²) >= 11 is 3.67. The molecule has 0 aliphatic heterocycles. The molecule has 1 unspecified atom stereocenters. The van der Waals surface area contributed by atoms with Crippen molar-refractivity contribution in [1.82, 2.24) is 24.9 Å². The van der Waals surface area contributed by atoms with Crippen LogP contribution in [0.1, 0.15) is 31.5 Å². The third kappa shape index (κ3) is 6.46. The summed E-state index contributed by atoms with van der Waals surface area (Å²) in [6.45, 7) is 6.21. The lowest BCUT2D eigenvalue weighted by molar-refractivity contribution is 0.337. The van der Waals surface area contributed by atoms with Crippen LogP contribution in [0.4, 0.5) is 0 Å². The number of halogens is 1. The average molecular weight is 360 g/mol. The first-order valence-electron chi connectivity index (χ1n) is 7.69. The summed E-state index contributed by atoms with van der Waals surface area (Å²) in [7, 11) is 8.43. The lowest BCUT2D eigenvalue weighted by Gasteiger charge is -2.23. The molecule has 1 N–H and O–H groups in total. The van der Waals surface area contributed by atoms with Crippen molar-refractivity contribution in [2.24, 2.45) is 0 Å². The molecule has 1 aromatic rings. The fraction of sp³-hybridized carbons (Fsp3) is 0.800. The first-order chi connectivity index (χ1) is 9.95. The van der Waals surface area contributed by atoms with Gasteiger partial charge in [-0.1, -0.05) is 6.92 Å². The molecule has 1 aromatic heterocycles. The van der Waals surface area contributed by atoms with Crippen LogP contribution in [0.2, 0.25) is 0 Å². The maximum atomic E-state index is 4.53. The third-order valence-electron chi connectivity index (χ3n) is 3.43. The second kappa shape index (κ2) is 9.56. The van der Waals surface area contributed by atoms with E-state index >= 15 is 0 Å². The predicted octanol–water partition coefficient (Wildman–Crippen LogP) is 2.20. The van der Waals surface area contributed by atoms with Crippen LogP contribution in [0.3, 0.4) is 0 Å². The summed E-state index contributed by atoms with van der Waals surface area (Å²) in [6, 6.07) is 0.339. The highest BCUT2D eigenvalue weighted by atomic mass is 79.9. The van der Waals surface area contributed by atoms with E-state index in [0.29, 0.717) is 6.04 Å². The van der Waals surface area contributed by atoms with Crippen molar-refractivity contribution in [3.8, 4) is 0 Å². The number of hydrogen-bond donors (Lipinski definition) is 1. The van der Waals surface area contributed by atoms with E-state index in [1.54, 1.807) is 0 Å². The van der Waals surface area contributed by atoms with Crippen LogP contribution in [0.15, 0.2) is 10.7 Å². The fourth-order valence-electron chi connectivity index (χ4n) is 2.23. The molecule has 5 nitrogen and oxygen atoms in total. The minimum Gasteiger partial charge on any atom is -0.309 e. The van der Waals surface area contributed by atoms with Gasteiger partial charge in [0.05, 0.1) is 29.0 Å². The molecule has 0 saturated heterocycles. The van der Waals surface area contributed by atoms with Gasteiger partial charge in [0, 0.05) is 6.54 Å². The molecular formula is C15H30BrN5. The Bertz CT molecular complexity index is 403. The number of hydrogen-bond acceptors (Lipinski definition) is 4. The van der Waals surface area contributed by atoms with E-state index in [1.165, 1.54) is 5.69 Å². The predicted molar refractivity (Wildman–Crippen MR) is 92.7 cm³/mol. The molecule has 0 amide bonds. The Kier molecular flexibility index (Phi) is 8.48. The van der Waals surface area contributed by atoms with Gasteiger partial charge in [-0.05, 0) is 70.1 Å². The van der Waals surface area contributed by atoms with E-state index in [4.69, 9.17) is 0 Å². The second-order valence-electron chi connectivity index (χ2n) is 6.00. The highest BCUT2D eigenvalue weighted by Gasteiger charge is 2.19. The van der Waals surface area contributed by atoms with E-state index in [2.05, 4.69) is 75.9 Å². The molecule has 0 aromatic carbocycles. The third-order valence-corrected chi connectivity index (χ3v) is 4.04. The Labute approximate surface area is 137 Å². The number of aromatic nitrogens is 2. The Morgan fingerprint density at radius 2 is 1.90 bits per heavy atom. The molecule has 21 heavy (non-hydrogen) atoms. The molecule has 0 radical (unpaired) electrons. The van der Waals surface area contributed by atoms with Crippen molar-refractivity contribution < 1.29 is 0 Å². The molecule has 122 valence electrons. The van der Waals surface area contributed by atoms with Gasteiger partial charge in [0.15, 0.2) is 0 Å². The van der Waals surface area contributed by atoms with E-state index in [0.717, 1.165) is 43.5 Å². The number of likely N-dealkylation sites (N-methyl/N-ethyl adjacent to an activating group) is 1. The molecule has 6 heteroatoms. The van der Waals surface area contributed by atoms with Crippen LogP contribution in [-0.2, 0) is 6.54 Å². The molecule has 0 bridgehead atoms. The van der Waals surface area contributed by atoms with Crippen LogP contribution in [-0.4, -0.2) is 67.4 Å². The molecule has 0 aliphatic carbocycles. The highest BCUT2D eigenvalue weighted by molar-refractivity contribution is 9.10. The van der Waals surface area contributed by atoms with E-state index < -0.39 is 0 Å². The van der Waals surface area contributed by atoms with E-state index in [1.807, 2.05) is 6.20 Å². The van der Waals surface area contributed by atoms with Crippen molar-refractivity contribution in [2.45, 2.75) is 32.4 Å². The van der Waals surface area contributed by atoms with Crippen molar-refractivity contribution in [3.05, 3.63) is 16.4 Å². The minimum atomic E-state index is 0.339. The maximum Gasteiger partial charge on any atom is 0.0696 e. The summed E-state index contributed by atoms with van der Waals surface area (Å²) in [6.07, 6.45) is 4.14. The number of rotatable bonds is 10. The topological polar surface area (TPSA) is 36.3 Å². The first-order valence-corrected chi connectivity index (χ1v) is 8.49. The van der Waals surface area contributed by atoms with Gasteiger partial charge in [0.25, 0.3) is 0 Å². The van der Waals surface area contributed by atoms with Crippen LogP contribution in [0.5, 0.6) is 0 Å². The van der Waals surface area contributed by atoms with Gasteiger partial charge in [-0.2, -0.15) is 5.10 Å². The van der Waals surface area contributed by atoms with Gasteiger partial charge in [-0.25, -0.2) is 0 Å². The zero-order valence-corrected chi connectivity index (χ0v) is 15.7. The monoisotopic (exact) mass is 359 g/mol. The second-order valence-corrected chi connectivity index (χ2v) is 6.86. The molecule has 0 spiro atoms. The maximum absolute atomic E-state index is 4.53. The Morgan fingerprint density at radius 1 is 1.24 bits per heavy atom. The molecule has 1 rings (SSSR count). The van der Waals surface area contributed by atoms with Gasteiger partial charge in [0.2, 0.25) is 0 Å². The molecule has 0 fully saturated rings. The smallest absolute Gasteiger partial charge is 0.0696 e.